The highest BCUT2D eigenvalue weighted by atomic mass is 17.3. The standard InChI is InChI=1S/C15H26O5/c1-13(2)8-10-6-5-7-11(9-16)15(10)12(17-4)18-14(13,3)19-20-15/h10-12,16H,5-9H2,1-4H3/t10-,11+,12+,14-,15-/m1/s1. The zero-order valence-electron chi connectivity index (χ0n) is 12.8. The molecule has 0 aromatic carbocycles. The van der Waals surface area contributed by atoms with Gasteiger partial charge in [-0.3, -0.25) is 0 Å². The van der Waals surface area contributed by atoms with Crippen LogP contribution in [0.25, 0.3) is 0 Å². The molecule has 2 bridgehead atoms. The third-order valence-corrected chi connectivity index (χ3v) is 5.85. The fourth-order valence-electron chi connectivity index (χ4n) is 4.22. The highest BCUT2D eigenvalue weighted by Gasteiger charge is 2.68. The van der Waals surface area contributed by atoms with E-state index in [4.69, 9.17) is 19.2 Å². The molecule has 0 radical (unpaired) electrons. The van der Waals surface area contributed by atoms with Crippen molar-refractivity contribution in [3.63, 3.8) is 0 Å². The minimum Gasteiger partial charge on any atom is -0.396 e. The maximum atomic E-state index is 9.80. The number of rotatable bonds is 2. The van der Waals surface area contributed by atoms with Crippen LogP contribution in [0.2, 0.25) is 0 Å². The van der Waals surface area contributed by atoms with Crippen LogP contribution in [0.3, 0.4) is 0 Å². The summed E-state index contributed by atoms with van der Waals surface area (Å²) in [7, 11) is 1.64. The molecule has 0 amide bonds. The van der Waals surface area contributed by atoms with Gasteiger partial charge in [0.2, 0.25) is 5.79 Å². The molecule has 4 rings (SSSR count). The Morgan fingerprint density at radius 1 is 1.20 bits per heavy atom. The highest BCUT2D eigenvalue weighted by Crippen LogP contribution is 2.59. The first kappa shape index (κ1) is 14.7. The molecule has 1 aliphatic carbocycles. The lowest BCUT2D eigenvalue weighted by Crippen LogP contribution is -2.64. The summed E-state index contributed by atoms with van der Waals surface area (Å²) < 4.78 is 11.8. The number of fused-ring (bicyclic) bond motifs is 3. The first-order chi connectivity index (χ1) is 9.39. The lowest BCUT2D eigenvalue weighted by molar-refractivity contribution is -0.566. The quantitative estimate of drug-likeness (QED) is 0.789. The van der Waals surface area contributed by atoms with Gasteiger partial charge in [0.1, 0.15) is 0 Å². The number of methoxy groups -OCH3 is 1. The van der Waals surface area contributed by atoms with Crippen LogP contribution in [-0.2, 0) is 19.2 Å². The van der Waals surface area contributed by atoms with Crippen molar-refractivity contribution < 1.29 is 24.4 Å². The zero-order chi connectivity index (χ0) is 14.6. The predicted molar refractivity (Wildman–Crippen MR) is 71.5 cm³/mol. The number of hydrogen-bond donors (Lipinski definition) is 1. The Kier molecular flexibility index (Phi) is 3.42. The number of hydrogen-bond acceptors (Lipinski definition) is 5. The van der Waals surface area contributed by atoms with Crippen LogP contribution < -0.4 is 0 Å². The second kappa shape index (κ2) is 4.65. The molecule has 3 aliphatic heterocycles. The van der Waals surface area contributed by atoms with Gasteiger partial charge < -0.3 is 14.6 Å². The van der Waals surface area contributed by atoms with Crippen molar-refractivity contribution in [2.24, 2.45) is 17.3 Å². The summed E-state index contributed by atoms with van der Waals surface area (Å²) >= 11 is 0. The fraction of sp³-hybridized carbons (Fsp3) is 1.00. The molecule has 4 fully saturated rings. The Hall–Kier alpha value is -0.200. The Balaban J connectivity index is 2.08. The van der Waals surface area contributed by atoms with E-state index in [0.29, 0.717) is 0 Å². The Labute approximate surface area is 120 Å². The van der Waals surface area contributed by atoms with E-state index in [1.165, 1.54) is 0 Å². The maximum Gasteiger partial charge on any atom is 0.206 e. The molecule has 3 heterocycles. The van der Waals surface area contributed by atoms with Crippen LogP contribution in [0.15, 0.2) is 0 Å². The molecular weight excluding hydrogens is 260 g/mol. The molecule has 0 aromatic rings. The summed E-state index contributed by atoms with van der Waals surface area (Å²) in [6.45, 7) is 6.28. The second-order valence-electron chi connectivity index (χ2n) is 7.25. The fourth-order valence-corrected chi connectivity index (χ4v) is 4.22. The van der Waals surface area contributed by atoms with E-state index in [1.807, 2.05) is 6.92 Å². The third-order valence-electron chi connectivity index (χ3n) is 5.85. The van der Waals surface area contributed by atoms with Crippen molar-refractivity contribution >= 4 is 0 Å². The summed E-state index contributed by atoms with van der Waals surface area (Å²) in [6.07, 6.45) is 3.52. The van der Waals surface area contributed by atoms with Crippen molar-refractivity contribution in [1.82, 2.24) is 0 Å². The van der Waals surface area contributed by atoms with Gasteiger partial charge in [-0.05, 0) is 32.1 Å². The zero-order valence-corrected chi connectivity index (χ0v) is 12.8. The van der Waals surface area contributed by atoms with Crippen molar-refractivity contribution in [1.29, 1.82) is 0 Å². The molecule has 1 saturated carbocycles. The molecule has 1 spiro atoms. The third kappa shape index (κ3) is 1.74. The summed E-state index contributed by atoms with van der Waals surface area (Å²) in [5.74, 6) is -0.557. The van der Waals surface area contributed by atoms with Crippen LogP contribution in [0.5, 0.6) is 0 Å². The van der Waals surface area contributed by atoms with E-state index >= 15 is 0 Å². The normalized spacial score (nSPS) is 50.5. The molecule has 5 atom stereocenters. The van der Waals surface area contributed by atoms with Crippen molar-refractivity contribution in [2.75, 3.05) is 13.7 Å². The summed E-state index contributed by atoms with van der Waals surface area (Å²) in [5.41, 5.74) is -0.862. The first-order valence-corrected chi connectivity index (χ1v) is 7.58. The molecule has 1 N–H and O–H groups in total. The Morgan fingerprint density at radius 2 is 1.95 bits per heavy atom. The first-order valence-electron chi connectivity index (χ1n) is 7.58. The topological polar surface area (TPSA) is 57.2 Å². The number of aliphatic hydroxyl groups excluding tert-OH is 1. The summed E-state index contributed by atoms with van der Waals surface area (Å²) in [6, 6.07) is 0. The molecule has 5 heteroatoms. The second-order valence-corrected chi connectivity index (χ2v) is 7.25. The van der Waals surface area contributed by atoms with E-state index in [0.717, 1.165) is 25.7 Å². The van der Waals surface area contributed by atoms with Crippen LogP contribution in [0.4, 0.5) is 0 Å². The molecule has 116 valence electrons. The van der Waals surface area contributed by atoms with Gasteiger partial charge in [-0.15, -0.1) is 0 Å². The van der Waals surface area contributed by atoms with Crippen LogP contribution in [0.1, 0.15) is 46.5 Å². The Morgan fingerprint density at radius 3 is 2.60 bits per heavy atom. The van der Waals surface area contributed by atoms with Crippen LogP contribution in [-0.4, -0.2) is 36.5 Å². The van der Waals surface area contributed by atoms with Gasteiger partial charge in [0.05, 0.1) is 0 Å². The average molecular weight is 286 g/mol. The molecule has 20 heavy (non-hydrogen) atoms. The van der Waals surface area contributed by atoms with Gasteiger partial charge in [-0.25, -0.2) is 4.89 Å². The summed E-state index contributed by atoms with van der Waals surface area (Å²) in [4.78, 5) is 11.6. The van der Waals surface area contributed by atoms with Crippen molar-refractivity contribution in [3.05, 3.63) is 0 Å². The molecular formula is C15H26O5. The molecule has 5 nitrogen and oxygen atoms in total. The number of ether oxygens (including phenoxy) is 2. The van der Waals surface area contributed by atoms with Crippen molar-refractivity contribution in [2.45, 2.75) is 64.1 Å². The van der Waals surface area contributed by atoms with Crippen LogP contribution in [0, 0.1) is 17.3 Å². The van der Waals surface area contributed by atoms with E-state index in [2.05, 4.69) is 13.8 Å². The summed E-state index contributed by atoms with van der Waals surface area (Å²) in [5, 5.41) is 9.80. The van der Waals surface area contributed by atoms with Gasteiger partial charge in [0, 0.05) is 25.0 Å². The van der Waals surface area contributed by atoms with Gasteiger partial charge in [-0.1, -0.05) is 20.3 Å². The molecule has 0 unspecified atom stereocenters. The van der Waals surface area contributed by atoms with Gasteiger partial charge in [0.25, 0.3) is 0 Å². The van der Waals surface area contributed by atoms with E-state index < -0.39 is 17.7 Å². The van der Waals surface area contributed by atoms with Gasteiger partial charge in [-0.2, -0.15) is 4.89 Å². The average Bonchev–Trinajstić information content (AvgIpc) is 2.55. The van der Waals surface area contributed by atoms with Gasteiger partial charge >= 0.3 is 0 Å². The molecule has 0 aromatic heterocycles. The molecule has 4 aliphatic rings. The Bertz CT molecular complexity index is 384. The monoisotopic (exact) mass is 286 g/mol. The molecule has 3 saturated heterocycles. The van der Waals surface area contributed by atoms with E-state index in [1.54, 1.807) is 7.11 Å². The highest BCUT2D eigenvalue weighted by molar-refractivity contribution is 5.07. The van der Waals surface area contributed by atoms with Crippen LogP contribution >= 0.6 is 0 Å². The number of aliphatic hydroxyl groups is 1. The maximum absolute atomic E-state index is 9.80. The SMILES string of the molecule is CO[C@H]1O[C@]2(C)OO[C@]13[C@H](CO)CCC[C@@H]3CC2(C)C. The lowest BCUT2D eigenvalue weighted by Gasteiger charge is -2.53. The van der Waals surface area contributed by atoms with E-state index in [-0.39, 0.29) is 23.9 Å². The smallest absolute Gasteiger partial charge is 0.206 e. The minimum atomic E-state index is -0.823. The van der Waals surface area contributed by atoms with Crippen molar-refractivity contribution in [3.8, 4) is 0 Å². The minimum absolute atomic E-state index is 0.00958. The van der Waals surface area contributed by atoms with Gasteiger partial charge in [0.15, 0.2) is 11.9 Å². The lowest BCUT2D eigenvalue weighted by atomic mass is 9.63. The predicted octanol–water partition coefficient (Wildman–Crippen LogP) is 2.23. The largest absolute Gasteiger partial charge is 0.396 e. The van der Waals surface area contributed by atoms with E-state index in [9.17, 15) is 5.11 Å².